The first-order valence-corrected chi connectivity index (χ1v) is 9.56. The number of Topliss-reactive ketones (excluding diaryl/α,β-unsaturated/α-hetero) is 1. The summed E-state index contributed by atoms with van der Waals surface area (Å²) >= 11 is 6.15. The van der Waals surface area contributed by atoms with E-state index in [0.717, 1.165) is 22.9 Å². The molecule has 0 aliphatic rings. The van der Waals surface area contributed by atoms with Crippen LogP contribution in [0.4, 0.5) is 0 Å². The van der Waals surface area contributed by atoms with E-state index in [9.17, 15) is 9.59 Å². The van der Waals surface area contributed by atoms with E-state index < -0.39 is 5.97 Å². The van der Waals surface area contributed by atoms with Crippen molar-refractivity contribution in [3.63, 3.8) is 0 Å². The molecule has 0 bridgehead atoms. The minimum Gasteiger partial charge on any atom is -0.453 e. The summed E-state index contributed by atoms with van der Waals surface area (Å²) in [7, 11) is 0. The van der Waals surface area contributed by atoms with Crippen molar-refractivity contribution >= 4 is 34.3 Å². The molecule has 1 N–H and O–H groups in total. The van der Waals surface area contributed by atoms with Crippen LogP contribution in [0.3, 0.4) is 0 Å². The van der Waals surface area contributed by atoms with Crippen LogP contribution < -0.4 is 0 Å². The van der Waals surface area contributed by atoms with Gasteiger partial charge in [0.25, 0.3) is 0 Å². The van der Waals surface area contributed by atoms with E-state index in [1.165, 1.54) is 10.7 Å². The van der Waals surface area contributed by atoms with Gasteiger partial charge in [0, 0.05) is 28.9 Å². The number of H-pyrrole nitrogens is 1. The number of nitrogens with zero attached hydrogens (tertiary/aromatic N) is 2. The standard InChI is InChI=1S/C22H18ClN3O3/c1-2-14-6-5-7-15-16(12-24-21(14)15)20(27)13-29-22(28)18-10-11-26(25-18)19-9-4-3-8-17(19)23/h3-12,24H,2,13H2,1H3. The lowest BCUT2D eigenvalue weighted by atomic mass is 10.1. The highest BCUT2D eigenvalue weighted by atomic mass is 35.5. The molecule has 0 radical (unpaired) electrons. The minimum absolute atomic E-state index is 0.102. The number of halogens is 1. The van der Waals surface area contributed by atoms with Crippen LogP contribution in [0.5, 0.6) is 0 Å². The van der Waals surface area contributed by atoms with Gasteiger partial charge in [-0.05, 0) is 30.2 Å². The Balaban J connectivity index is 1.47. The van der Waals surface area contributed by atoms with E-state index in [-0.39, 0.29) is 18.1 Å². The molecule has 0 saturated heterocycles. The van der Waals surface area contributed by atoms with Gasteiger partial charge in [0.2, 0.25) is 5.78 Å². The SMILES string of the molecule is CCc1cccc2c(C(=O)COC(=O)c3ccn(-c4ccccc4Cl)n3)c[nH]c12. The molecule has 0 fully saturated rings. The number of ketones is 1. The van der Waals surface area contributed by atoms with Gasteiger partial charge >= 0.3 is 5.97 Å². The first-order valence-electron chi connectivity index (χ1n) is 9.18. The maximum Gasteiger partial charge on any atom is 0.359 e. The van der Waals surface area contributed by atoms with Gasteiger partial charge in [-0.2, -0.15) is 5.10 Å². The molecular formula is C22H18ClN3O3. The van der Waals surface area contributed by atoms with Crippen LogP contribution in [0.2, 0.25) is 5.02 Å². The van der Waals surface area contributed by atoms with Crippen LogP contribution in [0.15, 0.2) is 60.9 Å². The van der Waals surface area contributed by atoms with E-state index >= 15 is 0 Å². The van der Waals surface area contributed by atoms with E-state index in [2.05, 4.69) is 17.0 Å². The third-order valence-corrected chi connectivity index (χ3v) is 5.03. The molecule has 4 aromatic rings. The first-order chi connectivity index (χ1) is 14.1. The van der Waals surface area contributed by atoms with Crippen LogP contribution in [-0.4, -0.2) is 33.1 Å². The summed E-state index contributed by atoms with van der Waals surface area (Å²) in [6.07, 6.45) is 4.13. The number of nitrogens with one attached hydrogen (secondary N) is 1. The topological polar surface area (TPSA) is 77.0 Å². The van der Waals surface area contributed by atoms with Gasteiger partial charge in [-0.1, -0.05) is 48.9 Å². The van der Waals surface area contributed by atoms with Crippen molar-refractivity contribution in [2.45, 2.75) is 13.3 Å². The molecule has 29 heavy (non-hydrogen) atoms. The molecule has 146 valence electrons. The molecule has 2 heterocycles. The highest BCUT2D eigenvalue weighted by Gasteiger charge is 2.18. The fourth-order valence-electron chi connectivity index (χ4n) is 3.23. The summed E-state index contributed by atoms with van der Waals surface area (Å²) < 4.78 is 6.68. The molecule has 0 atom stereocenters. The Labute approximate surface area is 172 Å². The highest BCUT2D eigenvalue weighted by Crippen LogP contribution is 2.23. The van der Waals surface area contributed by atoms with Gasteiger partial charge < -0.3 is 9.72 Å². The largest absolute Gasteiger partial charge is 0.453 e. The number of carbonyl (C=O) groups excluding carboxylic acids is 2. The Hall–Kier alpha value is -3.38. The number of esters is 1. The molecule has 0 aliphatic carbocycles. The Kier molecular flexibility index (Phi) is 5.18. The molecule has 6 nitrogen and oxygen atoms in total. The van der Waals surface area contributed by atoms with Crippen molar-refractivity contribution in [2.24, 2.45) is 0 Å². The van der Waals surface area contributed by atoms with E-state index in [4.69, 9.17) is 16.3 Å². The van der Waals surface area contributed by atoms with Crippen molar-refractivity contribution in [2.75, 3.05) is 6.61 Å². The molecule has 0 amide bonds. The van der Waals surface area contributed by atoms with Gasteiger partial charge in [0.1, 0.15) is 0 Å². The Morgan fingerprint density at radius 1 is 1.14 bits per heavy atom. The third-order valence-electron chi connectivity index (χ3n) is 4.71. The Morgan fingerprint density at radius 3 is 2.76 bits per heavy atom. The van der Waals surface area contributed by atoms with Crippen LogP contribution in [0.25, 0.3) is 16.6 Å². The second kappa shape index (κ2) is 7.93. The molecule has 0 saturated carbocycles. The van der Waals surface area contributed by atoms with Crippen LogP contribution in [-0.2, 0) is 11.2 Å². The lowest BCUT2D eigenvalue weighted by Crippen LogP contribution is -2.14. The molecular weight excluding hydrogens is 390 g/mol. The number of aromatic amines is 1. The number of aryl methyl sites for hydroxylation is 1. The van der Waals surface area contributed by atoms with Gasteiger partial charge in [-0.25, -0.2) is 9.48 Å². The van der Waals surface area contributed by atoms with Crippen LogP contribution in [0, 0.1) is 0 Å². The number of hydrogen-bond donors (Lipinski definition) is 1. The van der Waals surface area contributed by atoms with E-state index in [0.29, 0.717) is 16.3 Å². The normalized spacial score (nSPS) is 11.0. The quantitative estimate of drug-likeness (QED) is 0.374. The molecule has 2 aromatic heterocycles. The molecule has 2 aromatic carbocycles. The van der Waals surface area contributed by atoms with E-state index in [1.54, 1.807) is 24.5 Å². The zero-order valence-corrected chi connectivity index (χ0v) is 16.4. The smallest absolute Gasteiger partial charge is 0.359 e. The number of benzene rings is 2. The maximum atomic E-state index is 12.6. The fraction of sp³-hybridized carbons (Fsp3) is 0.136. The van der Waals surface area contributed by atoms with Gasteiger partial charge in [0.15, 0.2) is 12.3 Å². The number of ether oxygens (including phenoxy) is 1. The average molecular weight is 408 g/mol. The van der Waals surface area contributed by atoms with Crippen LogP contribution in [0.1, 0.15) is 33.3 Å². The summed E-state index contributed by atoms with van der Waals surface area (Å²) in [5.41, 5.74) is 3.32. The first kappa shape index (κ1) is 19.0. The second-order valence-corrected chi connectivity index (χ2v) is 6.90. The molecule has 7 heteroatoms. The highest BCUT2D eigenvalue weighted by molar-refractivity contribution is 6.32. The van der Waals surface area contributed by atoms with Crippen molar-refractivity contribution in [3.8, 4) is 5.69 Å². The number of fused-ring (bicyclic) bond motifs is 1. The second-order valence-electron chi connectivity index (χ2n) is 6.49. The zero-order valence-electron chi connectivity index (χ0n) is 15.7. The van der Waals surface area contributed by atoms with Crippen molar-refractivity contribution in [1.29, 1.82) is 0 Å². The summed E-state index contributed by atoms with van der Waals surface area (Å²) in [4.78, 5) is 28.1. The molecule has 0 spiro atoms. The summed E-state index contributed by atoms with van der Waals surface area (Å²) in [5, 5.41) is 5.53. The van der Waals surface area contributed by atoms with Gasteiger partial charge in [-0.3, -0.25) is 4.79 Å². The van der Waals surface area contributed by atoms with Crippen molar-refractivity contribution in [1.82, 2.24) is 14.8 Å². The predicted molar refractivity (Wildman–Crippen MR) is 111 cm³/mol. The molecule has 0 unspecified atom stereocenters. The van der Waals surface area contributed by atoms with Gasteiger partial charge in [0.05, 0.1) is 10.7 Å². The molecule has 4 rings (SSSR count). The number of para-hydroxylation sites is 2. The molecule has 0 aliphatic heterocycles. The average Bonchev–Trinajstić information content (AvgIpc) is 3.39. The predicted octanol–water partition coefficient (Wildman–Crippen LogP) is 4.61. The number of rotatable bonds is 6. The number of carbonyl (C=O) groups is 2. The Morgan fingerprint density at radius 2 is 1.97 bits per heavy atom. The van der Waals surface area contributed by atoms with Crippen LogP contribution >= 0.6 is 11.6 Å². The van der Waals surface area contributed by atoms with Gasteiger partial charge in [-0.15, -0.1) is 0 Å². The number of aromatic nitrogens is 3. The number of hydrogen-bond acceptors (Lipinski definition) is 4. The minimum atomic E-state index is -0.668. The third kappa shape index (κ3) is 3.67. The monoisotopic (exact) mass is 407 g/mol. The fourth-order valence-corrected chi connectivity index (χ4v) is 3.45. The summed E-state index contributed by atoms with van der Waals surface area (Å²) in [6, 6.07) is 14.5. The Bertz CT molecular complexity index is 1210. The van der Waals surface area contributed by atoms with Crippen molar-refractivity contribution < 1.29 is 14.3 Å². The lowest BCUT2D eigenvalue weighted by Gasteiger charge is -2.04. The summed E-state index contributed by atoms with van der Waals surface area (Å²) in [5.74, 6) is -0.943. The summed E-state index contributed by atoms with van der Waals surface area (Å²) in [6.45, 7) is 1.70. The van der Waals surface area contributed by atoms with E-state index in [1.807, 2.05) is 30.3 Å². The zero-order chi connectivity index (χ0) is 20.4. The van der Waals surface area contributed by atoms with Crippen molar-refractivity contribution in [3.05, 3.63) is 82.8 Å². The lowest BCUT2D eigenvalue weighted by molar-refractivity contribution is 0.0469. The maximum absolute atomic E-state index is 12.6.